The molecule has 0 saturated carbocycles. The van der Waals surface area contributed by atoms with E-state index in [9.17, 15) is 4.79 Å². The molecular formula is C25H40OS3. The Kier molecular flexibility index (Phi) is 14.1. The number of aldehydes is 1. The maximum atomic E-state index is 10.8. The molecule has 2 aromatic heterocycles. The van der Waals surface area contributed by atoms with E-state index in [1.165, 1.54) is 122 Å². The molecule has 0 aliphatic carbocycles. The van der Waals surface area contributed by atoms with Gasteiger partial charge in [-0.25, -0.2) is 0 Å². The smallest absolute Gasteiger partial charge is 0.160 e. The lowest BCUT2D eigenvalue weighted by Crippen LogP contribution is -1.84. The third kappa shape index (κ3) is 11.0. The zero-order valence-electron chi connectivity index (χ0n) is 18.4. The van der Waals surface area contributed by atoms with Gasteiger partial charge < -0.3 is 0 Å². The second-order valence-corrected chi connectivity index (χ2v) is 11.8. The molecule has 4 heteroatoms. The maximum Gasteiger partial charge on any atom is 0.160 e. The van der Waals surface area contributed by atoms with Crippen molar-refractivity contribution in [2.24, 2.45) is 0 Å². The minimum Gasteiger partial charge on any atom is -0.297 e. The largest absolute Gasteiger partial charge is 0.297 e. The summed E-state index contributed by atoms with van der Waals surface area (Å²) in [6.45, 7) is 2.29. The van der Waals surface area contributed by atoms with Crippen LogP contribution in [0.1, 0.15) is 119 Å². The molecule has 0 spiro atoms. The van der Waals surface area contributed by atoms with Gasteiger partial charge in [0.1, 0.15) is 0 Å². The molecule has 0 radical (unpaired) electrons. The summed E-state index contributed by atoms with van der Waals surface area (Å²) in [4.78, 5) is 11.7. The van der Waals surface area contributed by atoms with Crippen molar-refractivity contribution in [2.45, 2.75) is 114 Å². The van der Waals surface area contributed by atoms with Crippen LogP contribution in [0.4, 0.5) is 0 Å². The monoisotopic (exact) mass is 452 g/mol. The van der Waals surface area contributed by atoms with E-state index in [4.69, 9.17) is 0 Å². The van der Waals surface area contributed by atoms with Crippen molar-refractivity contribution >= 4 is 50.1 Å². The Bertz CT molecular complexity index is 627. The summed E-state index contributed by atoms with van der Waals surface area (Å²) >= 11 is 5.44. The molecule has 0 aliphatic rings. The van der Waals surface area contributed by atoms with E-state index < -0.39 is 0 Å². The number of thioether (sulfide) groups is 1. The highest BCUT2D eigenvalue weighted by Crippen LogP contribution is 2.37. The number of thiophene rings is 2. The molecular weight excluding hydrogens is 412 g/mol. The van der Waals surface area contributed by atoms with E-state index in [2.05, 4.69) is 13.0 Å². The number of hydrogen-bond acceptors (Lipinski definition) is 4. The molecule has 2 rings (SSSR count). The van der Waals surface area contributed by atoms with Crippen LogP contribution >= 0.6 is 34.4 Å². The molecule has 0 unspecified atom stereocenters. The molecule has 2 heterocycles. The summed E-state index contributed by atoms with van der Waals surface area (Å²) in [6, 6.07) is 4.28. The number of unbranched alkanes of at least 4 members (excludes halogenated alkanes) is 15. The average Bonchev–Trinajstić information content (AvgIpc) is 3.28. The fourth-order valence-electron chi connectivity index (χ4n) is 3.78. The highest BCUT2D eigenvalue weighted by Gasteiger charge is 2.06. The Labute approximate surface area is 191 Å². The van der Waals surface area contributed by atoms with Crippen LogP contribution in [0.15, 0.2) is 16.3 Å². The first-order valence-corrected chi connectivity index (χ1v) is 14.6. The van der Waals surface area contributed by atoms with E-state index >= 15 is 0 Å². The van der Waals surface area contributed by atoms with Crippen LogP contribution in [0.5, 0.6) is 0 Å². The first-order chi connectivity index (χ1) is 14.3. The molecule has 29 heavy (non-hydrogen) atoms. The quantitative estimate of drug-likeness (QED) is 0.120. The zero-order valence-corrected chi connectivity index (χ0v) is 20.8. The molecule has 0 bridgehead atoms. The molecule has 0 aromatic carbocycles. The lowest BCUT2D eigenvalue weighted by Gasteiger charge is -2.03. The summed E-state index contributed by atoms with van der Waals surface area (Å²) < 4.78 is 3.95. The fraction of sp³-hybridized carbons (Fsp3) is 0.720. The summed E-state index contributed by atoms with van der Waals surface area (Å²) in [6.07, 6.45) is 23.8. The zero-order chi connectivity index (χ0) is 20.6. The molecule has 164 valence electrons. The van der Waals surface area contributed by atoms with Gasteiger partial charge in [-0.1, -0.05) is 103 Å². The highest BCUT2D eigenvalue weighted by molar-refractivity contribution is 8.01. The third-order valence-electron chi connectivity index (χ3n) is 5.56. The van der Waals surface area contributed by atoms with Crippen LogP contribution in [0.3, 0.4) is 0 Å². The Balaban J connectivity index is 1.32. The highest BCUT2D eigenvalue weighted by atomic mass is 32.2. The topological polar surface area (TPSA) is 17.1 Å². The van der Waals surface area contributed by atoms with Gasteiger partial charge in [0.05, 0.1) is 9.09 Å². The van der Waals surface area contributed by atoms with Crippen LogP contribution in [0.25, 0.3) is 9.40 Å². The maximum absolute atomic E-state index is 10.8. The van der Waals surface area contributed by atoms with Crippen LogP contribution in [0, 0.1) is 0 Å². The first kappa shape index (κ1) is 24.9. The van der Waals surface area contributed by atoms with Crippen molar-refractivity contribution in [3.63, 3.8) is 0 Å². The van der Waals surface area contributed by atoms with Crippen molar-refractivity contribution in [2.75, 3.05) is 5.75 Å². The Morgan fingerprint density at radius 2 is 1.17 bits per heavy atom. The summed E-state index contributed by atoms with van der Waals surface area (Å²) in [5, 5.41) is 0. The summed E-state index contributed by atoms with van der Waals surface area (Å²) in [7, 11) is 0. The van der Waals surface area contributed by atoms with Crippen molar-refractivity contribution in [1.29, 1.82) is 0 Å². The molecule has 0 aliphatic heterocycles. The van der Waals surface area contributed by atoms with Gasteiger partial charge in [-0.2, -0.15) is 0 Å². The molecule has 0 saturated heterocycles. The van der Waals surface area contributed by atoms with Gasteiger partial charge >= 0.3 is 0 Å². The van der Waals surface area contributed by atoms with Crippen LogP contribution in [0.2, 0.25) is 0 Å². The van der Waals surface area contributed by atoms with Gasteiger partial charge in [0.2, 0.25) is 0 Å². The van der Waals surface area contributed by atoms with E-state index in [0.29, 0.717) is 0 Å². The second kappa shape index (κ2) is 16.4. The Morgan fingerprint density at radius 3 is 1.66 bits per heavy atom. The van der Waals surface area contributed by atoms with Gasteiger partial charge in [-0.3, -0.25) is 4.79 Å². The number of carbonyl (C=O) groups excluding carboxylic acids is 1. The fourth-order valence-corrected chi connectivity index (χ4v) is 7.32. The number of fused-ring (bicyclic) bond motifs is 1. The molecule has 0 atom stereocenters. The van der Waals surface area contributed by atoms with Crippen LogP contribution in [-0.2, 0) is 0 Å². The molecule has 0 fully saturated rings. The van der Waals surface area contributed by atoms with E-state index in [1.807, 2.05) is 29.2 Å². The van der Waals surface area contributed by atoms with E-state index in [1.54, 1.807) is 11.3 Å². The van der Waals surface area contributed by atoms with Gasteiger partial charge in [0.15, 0.2) is 6.29 Å². The van der Waals surface area contributed by atoms with Crippen molar-refractivity contribution in [3.05, 3.63) is 17.0 Å². The standard InChI is InChI=1S/C25H40OS3/c1-2-3-4-5-6-7-8-9-10-11-12-13-14-15-16-17-18-27-25-20-24-23(29-25)19-22(21-26)28-24/h19-21H,2-18H2,1H3. The van der Waals surface area contributed by atoms with E-state index in [-0.39, 0.29) is 0 Å². The predicted octanol–water partition coefficient (Wildman–Crippen LogP) is 10.1. The average molecular weight is 453 g/mol. The van der Waals surface area contributed by atoms with Gasteiger partial charge in [0, 0.05) is 9.40 Å². The molecule has 0 N–H and O–H groups in total. The van der Waals surface area contributed by atoms with Crippen molar-refractivity contribution in [3.8, 4) is 0 Å². The Hall–Kier alpha value is -0.320. The summed E-state index contributed by atoms with van der Waals surface area (Å²) in [5.74, 6) is 1.23. The third-order valence-corrected chi connectivity index (χ3v) is 9.07. The lowest BCUT2D eigenvalue weighted by atomic mass is 10.0. The molecule has 1 nitrogen and oxygen atoms in total. The van der Waals surface area contributed by atoms with Gasteiger partial charge in [-0.05, 0) is 24.3 Å². The van der Waals surface area contributed by atoms with Gasteiger partial charge in [-0.15, -0.1) is 34.4 Å². The van der Waals surface area contributed by atoms with Crippen LogP contribution < -0.4 is 0 Å². The number of hydrogen-bond donors (Lipinski definition) is 0. The van der Waals surface area contributed by atoms with Crippen LogP contribution in [-0.4, -0.2) is 12.0 Å². The Morgan fingerprint density at radius 1 is 0.690 bits per heavy atom. The molecule has 2 aromatic rings. The normalized spacial score (nSPS) is 11.5. The number of rotatable bonds is 19. The number of carbonyl (C=O) groups is 1. The lowest BCUT2D eigenvalue weighted by molar-refractivity contribution is 0.112. The first-order valence-electron chi connectivity index (χ1n) is 11.9. The summed E-state index contributed by atoms with van der Waals surface area (Å²) in [5.41, 5.74) is 0. The minimum absolute atomic E-state index is 0.848. The predicted molar refractivity (Wildman–Crippen MR) is 135 cm³/mol. The van der Waals surface area contributed by atoms with Crippen molar-refractivity contribution in [1.82, 2.24) is 0 Å². The van der Waals surface area contributed by atoms with Crippen molar-refractivity contribution < 1.29 is 4.79 Å². The van der Waals surface area contributed by atoms with Gasteiger partial charge in [0.25, 0.3) is 0 Å². The van der Waals surface area contributed by atoms with E-state index in [0.717, 1.165) is 11.2 Å². The SMILES string of the molecule is CCCCCCCCCCCCCCCCCCSc1cc2sc(C=O)cc2s1. The second-order valence-electron chi connectivity index (χ2n) is 8.21. The molecule has 0 amide bonds. The minimum atomic E-state index is 0.848.